The number of carboxylic acids is 1. The number of carboxylic acid groups (broad SMARTS) is 1. The smallest absolute Gasteiger partial charge is 0.308 e. The summed E-state index contributed by atoms with van der Waals surface area (Å²) in [6.07, 6.45) is 18.6. The van der Waals surface area contributed by atoms with Crippen LogP contribution in [0.2, 0.25) is 0 Å². The molecule has 2 N–H and O–H groups in total. The van der Waals surface area contributed by atoms with Crippen LogP contribution in [0.3, 0.4) is 0 Å². The van der Waals surface area contributed by atoms with Crippen LogP contribution in [-0.2, 0) is 9.53 Å². The fourth-order valence-electron chi connectivity index (χ4n) is 6.26. The minimum atomic E-state index is -0.799. The molecule has 1 aromatic heterocycles. The molecule has 184 valence electrons. The number of hydrogen-bond donors (Lipinski definition) is 2. The predicted octanol–water partition coefficient (Wildman–Crippen LogP) is 6.21. The fourth-order valence-corrected chi connectivity index (χ4v) is 6.26. The molecular formula is C29H39NO4. The van der Waals surface area contributed by atoms with Gasteiger partial charge in [0.1, 0.15) is 0 Å². The number of allylic oxidation sites excluding steroid dienone is 5. The number of hydrogen-bond acceptors (Lipinski definition) is 3. The molecule has 0 unspecified atom stereocenters. The van der Waals surface area contributed by atoms with Crippen molar-refractivity contribution in [3.8, 4) is 0 Å². The second-order valence-electron chi connectivity index (χ2n) is 10.5. The molecule has 1 aromatic rings. The molecule has 1 saturated heterocycles. The SMILES string of the molecule is CC/C(=C\C=C/[C@@H]1C=C[C@@H]2CCC[C@@H]2[C@@H]1C(=O)c1ccc[nH]1)[C@@H]1O[C@@H]([C@H](C)C(=O)O)CC[C@@H]1C. The Bertz CT molecular complexity index is 943. The first-order chi connectivity index (χ1) is 16.4. The quantitative estimate of drug-likeness (QED) is 0.272. The Morgan fingerprint density at radius 1 is 1.24 bits per heavy atom. The Morgan fingerprint density at radius 2 is 2.06 bits per heavy atom. The third-order valence-corrected chi connectivity index (χ3v) is 8.36. The van der Waals surface area contributed by atoms with Crippen LogP contribution in [-0.4, -0.2) is 34.1 Å². The molecule has 0 spiro atoms. The zero-order valence-corrected chi connectivity index (χ0v) is 20.7. The van der Waals surface area contributed by atoms with Crippen molar-refractivity contribution < 1.29 is 19.4 Å². The van der Waals surface area contributed by atoms with Gasteiger partial charge in [0, 0.05) is 18.0 Å². The molecule has 0 amide bonds. The molecule has 8 atom stereocenters. The van der Waals surface area contributed by atoms with Crippen LogP contribution < -0.4 is 0 Å². The summed E-state index contributed by atoms with van der Waals surface area (Å²) < 4.78 is 6.33. The summed E-state index contributed by atoms with van der Waals surface area (Å²) in [5, 5.41) is 9.43. The van der Waals surface area contributed by atoms with E-state index in [1.807, 2.05) is 18.3 Å². The Labute approximate surface area is 203 Å². The summed E-state index contributed by atoms with van der Waals surface area (Å²) in [7, 11) is 0. The molecule has 0 bridgehead atoms. The minimum Gasteiger partial charge on any atom is -0.481 e. The first kappa shape index (κ1) is 24.7. The van der Waals surface area contributed by atoms with Crippen molar-refractivity contribution in [1.29, 1.82) is 0 Å². The number of carbonyl (C=O) groups excluding carboxylic acids is 1. The summed E-state index contributed by atoms with van der Waals surface area (Å²) >= 11 is 0. The lowest BCUT2D eigenvalue weighted by atomic mass is 9.69. The first-order valence-electron chi connectivity index (χ1n) is 13.0. The van der Waals surface area contributed by atoms with E-state index in [4.69, 9.17) is 4.74 Å². The van der Waals surface area contributed by atoms with E-state index in [0.29, 0.717) is 23.4 Å². The Balaban J connectivity index is 1.53. The highest BCUT2D eigenvalue weighted by atomic mass is 16.5. The van der Waals surface area contributed by atoms with Crippen molar-refractivity contribution in [2.75, 3.05) is 0 Å². The predicted molar refractivity (Wildman–Crippen MR) is 133 cm³/mol. The summed E-state index contributed by atoms with van der Waals surface area (Å²) in [6, 6.07) is 3.78. The molecular weight excluding hydrogens is 426 g/mol. The molecule has 2 heterocycles. The highest BCUT2D eigenvalue weighted by molar-refractivity contribution is 5.97. The van der Waals surface area contributed by atoms with Crippen LogP contribution in [0.25, 0.3) is 0 Å². The van der Waals surface area contributed by atoms with Gasteiger partial charge >= 0.3 is 5.97 Å². The van der Waals surface area contributed by atoms with E-state index in [1.54, 1.807) is 6.92 Å². The lowest BCUT2D eigenvalue weighted by Crippen LogP contribution is -2.40. The van der Waals surface area contributed by atoms with Gasteiger partial charge in [-0.15, -0.1) is 0 Å². The van der Waals surface area contributed by atoms with Crippen molar-refractivity contribution in [1.82, 2.24) is 4.98 Å². The highest BCUT2D eigenvalue weighted by Crippen LogP contribution is 2.46. The maximum absolute atomic E-state index is 13.4. The van der Waals surface area contributed by atoms with E-state index < -0.39 is 11.9 Å². The van der Waals surface area contributed by atoms with E-state index in [0.717, 1.165) is 25.7 Å². The molecule has 1 aliphatic heterocycles. The number of H-pyrrole nitrogens is 1. The number of fused-ring (bicyclic) bond motifs is 1. The lowest BCUT2D eigenvalue weighted by Gasteiger charge is -2.37. The molecule has 34 heavy (non-hydrogen) atoms. The Hall–Kier alpha value is -2.40. The van der Waals surface area contributed by atoms with Gasteiger partial charge in [-0.3, -0.25) is 9.59 Å². The molecule has 5 heteroatoms. The third kappa shape index (κ3) is 5.14. The van der Waals surface area contributed by atoms with Gasteiger partial charge in [0.2, 0.25) is 0 Å². The average molecular weight is 466 g/mol. The number of ether oxygens (including phenoxy) is 1. The van der Waals surface area contributed by atoms with Gasteiger partial charge in [0.05, 0.1) is 23.8 Å². The average Bonchev–Trinajstić information content (AvgIpc) is 3.53. The zero-order valence-electron chi connectivity index (χ0n) is 20.7. The maximum atomic E-state index is 13.4. The second kappa shape index (κ2) is 10.9. The number of Topliss-reactive ketones (excluding diaryl/α,β-unsaturated/α-hetero) is 1. The highest BCUT2D eigenvalue weighted by Gasteiger charge is 2.42. The van der Waals surface area contributed by atoms with E-state index in [2.05, 4.69) is 49.2 Å². The standard InChI is InChI=1S/C29H39NO4/c1-4-20(28-18(2)13-16-25(34-28)19(3)29(32)33)8-5-10-22-15-14-21-9-6-11-23(21)26(22)27(31)24-12-7-17-30-24/h5,7-8,10,12,14-15,17-19,21-23,25-26,28,30H,4,6,9,11,13,16H2,1-3H3,(H,32,33)/b10-5-,20-8+/t18-,19-,21-,22+,23-,25+,26+,28+/m0/s1. The van der Waals surface area contributed by atoms with Crippen molar-refractivity contribution in [2.24, 2.45) is 35.5 Å². The van der Waals surface area contributed by atoms with Crippen LogP contribution in [0.4, 0.5) is 0 Å². The van der Waals surface area contributed by atoms with Gasteiger partial charge in [0.15, 0.2) is 5.78 Å². The molecule has 4 rings (SSSR count). The maximum Gasteiger partial charge on any atom is 0.308 e. The summed E-state index contributed by atoms with van der Waals surface area (Å²) in [5.41, 5.74) is 1.90. The summed E-state index contributed by atoms with van der Waals surface area (Å²) in [4.78, 5) is 28.0. The van der Waals surface area contributed by atoms with Crippen LogP contribution >= 0.6 is 0 Å². The number of rotatable bonds is 8. The molecule has 0 aromatic carbocycles. The zero-order chi connectivity index (χ0) is 24.2. The van der Waals surface area contributed by atoms with Crippen LogP contribution in [0.5, 0.6) is 0 Å². The van der Waals surface area contributed by atoms with E-state index in [-0.39, 0.29) is 29.8 Å². The number of aromatic nitrogens is 1. The first-order valence-corrected chi connectivity index (χ1v) is 13.0. The number of aliphatic carboxylic acids is 1. The van der Waals surface area contributed by atoms with Crippen molar-refractivity contribution in [2.45, 2.75) is 71.5 Å². The van der Waals surface area contributed by atoms with Crippen LogP contribution in [0.1, 0.15) is 69.8 Å². The summed E-state index contributed by atoms with van der Waals surface area (Å²) in [5.74, 6) is 0.237. The monoisotopic (exact) mass is 465 g/mol. The normalized spacial score (nSPS) is 34.8. The molecule has 2 aliphatic carbocycles. The molecule has 1 saturated carbocycles. The molecule has 5 nitrogen and oxygen atoms in total. The fraction of sp³-hybridized carbons (Fsp3) is 0.586. The van der Waals surface area contributed by atoms with Gasteiger partial charge in [-0.25, -0.2) is 0 Å². The van der Waals surface area contributed by atoms with Gasteiger partial charge in [-0.1, -0.05) is 50.6 Å². The van der Waals surface area contributed by atoms with Crippen LogP contribution in [0, 0.1) is 35.5 Å². The summed E-state index contributed by atoms with van der Waals surface area (Å²) in [6.45, 7) is 6.05. The number of aromatic amines is 1. The number of carbonyl (C=O) groups is 2. The number of nitrogens with one attached hydrogen (secondary N) is 1. The van der Waals surface area contributed by atoms with Gasteiger partial charge in [-0.2, -0.15) is 0 Å². The van der Waals surface area contributed by atoms with Gasteiger partial charge in [0.25, 0.3) is 0 Å². The van der Waals surface area contributed by atoms with Crippen molar-refractivity contribution in [3.63, 3.8) is 0 Å². The van der Waals surface area contributed by atoms with Gasteiger partial charge in [-0.05, 0) is 74.5 Å². The van der Waals surface area contributed by atoms with E-state index in [9.17, 15) is 14.7 Å². The largest absolute Gasteiger partial charge is 0.481 e. The molecule has 0 radical (unpaired) electrons. The Morgan fingerprint density at radius 3 is 2.76 bits per heavy atom. The topological polar surface area (TPSA) is 79.4 Å². The molecule has 3 aliphatic rings. The van der Waals surface area contributed by atoms with E-state index in [1.165, 1.54) is 18.4 Å². The molecule has 2 fully saturated rings. The minimum absolute atomic E-state index is 0.0310. The lowest BCUT2D eigenvalue weighted by molar-refractivity contribution is -0.152. The Kier molecular flexibility index (Phi) is 7.92. The van der Waals surface area contributed by atoms with Crippen molar-refractivity contribution >= 4 is 11.8 Å². The van der Waals surface area contributed by atoms with Crippen molar-refractivity contribution in [3.05, 3.63) is 60.0 Å². The van der Waals surface area contributed by atoms with Gasteiger partial charge < -0.3 is 14.8 Å². The number of ketones is 1. The second-order valence-corrected chi connectivity index (χ2v) is 10.5. The van der Waals surface area contributed by atoms with Crippen LogP contribution in [0.15, 0.2) is 54.3 Å². The van der Waals surface area contributed by atoms with E-state index >= 15 is 0 Å². The third-order valence-electron chi connectivity index (χ3n) is 8.36.